The first-order valence-electron chi connectivity index (χ1n) is 3.43. The molecule has 0 unspecified atom stereocenters. The Morgan fingerprint density at radius 3 is 2.54 bits per heavy atom. The lowest BCUT2D eigenvalue weighted by Crippen LogP contribution is -2.12. The molecule has 0 aliphatic rings. The molecule has 0 radical (unpaired) electrons. The Hall–Kier alpha value is -0.470. The monoisotopic (exact) mass is 305 g/mol. The minimum absolute atomic E-state index is 0.184. The summed E-state index contributed by atoms with van der Waals surface area (Å²) in [7, 11) is 0. The van der Waals surface area contributed by atoms with Crippen LogP contribution >= 0.6 is 22.6 Å². The first-order chi connectivity index (χ1) is 5.88. The fraction of sp³-hybridized carbons (Fsp3) is 0.500. The zero-order valence-electron chi connectivity index (χ0n) is 6.48. The number of hydrogen-bond donors (Lipinski definition) is 1. The molecule has 1 heterocycles. The number of aromatic nitrogens is 2. The van der Waals surface area contributed by atoms with Gasteiger partial charge in [0.05, 0.1) is 9.99 Å². The molecular weight excluding hydrogens is 298 g/mol. The van der Waals surface area contributed by atoms with Crippen LogP contribution in [0.3, 0.4) is 0 Å². The van der Waals surface area contributed by atoms with E-state index in [1.54, 1.807) is 0 Å². The van der Waals surface area contributed by atoms with Crippen LogP contribution in [0.25, 0.3) is 0 Å². The minimum atomic E-state index is -4.15. The van der Waals surface area contributed by atoms with Crippen molar-refractivity contribution in [3.8, 4) is 0 Å². The van der Waals surface area contributed by atoms with Gasteiger partial charge in [-0.05, 0) is 22.6 Å². The van der Waals surface area contributed by atoms with E-state index >= 15 is 0 Å². The Bertz CT molecular complexity index is 274. The van der Waals surface area contributed by atoms with Crippen molar-refractivity contribution in [2.24, 2.45) is 0 Å². The van der Waals surface area contributed by atoms with Gasteiger partial charge in [-0.15, -0.1) is 0 Å². The maximum atomic E-state index is 11.8. The number of rotatable bonds is 2. The molecule has 3 nitrogen and oxygen atoms in total. The van der Waals surface area contributed by atoms with Crippen molar-refractivity contribution in [1.29, 1.82) is 0 Å². The highest BCUT2D eigenvalue weighted by atomic mass is 127. The quantitative estimate of drug-likeness (QED) is 0.850. The average Bonchev–Trinajstić information content (AvgIpc) is 2.27. The molecule has 0 saturated carbocycles. The van der Waals surface area contributed by atoms with E-state index in [9.17, 15) is 13.2 Å². The molecule has 0 spiro atoms. The molecule has 0 bridgehead atoms. The van der Waals surface area contributed by atoms with Crippen LogP contribution in [0.5, 0.6) is 0 Å². The Morgan fingerprint density at radius 1 is 1.54 bits per heavy atom. The third-order valence-electron chi connectivity index (χ3n) is 1.37. The number of alkyl halides is 3. The van der Waals surface area contributed by atoms with Gasteiger partial charge < -0.3 is 5.73 Å². The fourth-order valence-corrected chi connectivity index (χ4v) is 1.20. The van der Waals surface area contributed by atoms with E-state index in [2.05, 4.69) is 5.10 Å². The molecule has 0 amide bonds. The SMILES string of the molecule is Nc1nn(CCC(F)(F)F)cc1I. The van der Waals surface area contributed by atoms with Gasteiger partial charge in [-0.1, -0.05) is 0 Å². The van der Waals surface area contributed by atoms with Crippen LogP contribution in [0.2, 0.25) is 0 Å². The van der Waals surface area contributed by atoms with Crippen molar-refractivity contribution in [1.82, 2.24) is 9.78 Å². The maximum absolute atomic E-state index is 11.8. The second-order valence-electron chi connectivity index (χ2n) is 2.49. The standard InChI is InChI=1S/C6H7F3IN3/c7-6(8,9)1-2-13-3-4(10)5(11)12-13/h3H,1-2H2,(H2,11,12). The summed E-state index contributed by atoms with van der Waals surface area (Å²) in [4.78, 5) is 0. The molecule has 1 rings (SSSR count). The summed E-state index contributed by atoms with van der Waals surface area (Å²) in [6, 6.07) is 0. The number of aryl methyl sites for hydroxylation is 1. The summed E-state index contributed by atoms with van der Waals surface area (Å²) in [6.45, 7) is -0.184. The lowest BCUT2D eigenvalue weighted by Gasteiger charge is -2.05. The number of nitrogens with zero attached hydrogens (tertiary/aromatic N) is 2. The van der Waals surface area contributed by atoms with Crippen molar-refractivity contribution < 1.29 is 13.2 Å². The second-order valence-corrected chi connectivity index (χ2v) is 3.65. The first-order valence-corrected chi connectivity index (χ1v) is 4.51. The van der Waals surface area contributed by atoms with Gasteiger partial charge in [0.15, 0.2) is 5.82 Å². The van der Waals surface area contributed by atoms with Crippen LogP contribution < -0.4 is 5.73 Å². The molecule has 1 aromatic heterocycles. The zero-order chi connectivity index (χ0) is 10.1. The number of nitrogen functional groups attached to an aromatic ring is 1. The highest BCUT2D eigenvalue weighted by molar-refractivity contribution is 14.1. The fourth-order valence-electron chi connectivity index (χ4n) is 0.768. The maximum Gasteiger partial charge on any atom is 0.390 e. The van der Waals surface area contributed by atoms with Gasteiger partial charge >= 0.3 is 6.18 Å². The molecule has 2 N–H and O–H groups in total. The Labute approximate surface area is 86.2 Å². The van der Waals surface area contributed by atoms with Crippen LogP contribution in [0.4, 0.5) is 19.0 Å². The molecule has 13 heavy (non-hydrogen) atoms. The van der Waals surface area contributed by atoms with E-state index < -0.39 is 12.6 Å². The number of halogens is 4. The summed E-state index contributed by atoms with van der Waals surface area (Å²) in [6.07, 6.45) is -3.54. The summed E-state index contributed by atoms with van der Waals surface area (Å²) >= 11 is 1.92. The predicted octanol–water partition coefficient (Wildman–Crippen LogP) is 2.02. The third-order valence-corrected chi connectivity index (χ3v) is 2.20. The molecule has 7 heteroatoms. The third kappa shape index (κ3) is 3.41. The number of hydrogen-bond acceptors (Lipinski definition) is 2. The van der Waals surface area contributed by atoms with Gasteiger partial charge in [0.25, 0.3) is 0 Å². The summed E-state index contributed by atoms with van der Waals surface area (Å²) in [5.74, 6) is 0.266. The molecule has 1 aromatic rings. The van der Waals surface area contributed by atoms with Crippen molar-refractivity contribution in [3.63, 3.8) is 0 Å². The average molecular weight is 305 g/mol. The molecular formula is C6H7F3IN3. The Kier molecular flexibility index (Phi) is 3.04. The lowest BCUT2D eigenvalue weighted by atomic mass is 10.4. The van der Waals surface area contributed by atoms with Gasteiger partial charge in [0.1, 0.15) is 0 Å². The van der Waals surface area contributed by atoms with Crippen LogP contribution in [0, 0.1) is 3.57 Å². The van der Waals surface area contributed by atoms with Crippen molar-refractivity contribution in [2.45, 2.75) is 19.1 Å². The van der Waals surface area contributed by atoms with Crippen LogP contribution in [-0.2, 0) is 6.54 Å². The van der Waals surface area contributed by atoms with E-state index in [0.29, 0.717) is 3.57 Å². The van der Waals surface area contributed by atoms with Crippen LogP contribution in [-0.4, -0.2) is 16.0 Å². The van der Waals surface area contributed by atoms with Crippen molar-refractivity contribution in [2.75, 3.05) is 5.73 Å². The Balaban J connectivity index is 2.56. The van der Waals surface area contributed by atoms with Gasteiger partial charge in [-0.2, -0.15) is 18.3 Å². The molecule has 0 atom stereocenters. The van der Waals surface area contributed by atoms with Crippen molar-refractivity contribution >= 4 is 28.4 Å². The van der Waals surface area contributed by atoms with Crippen LogP contribution in [0.1, 0.15) is 6.42 Å². The highest BCUT2D eigenvalue weighted by Crippen LogP contribution is 2.20. The van der Waals surface area contributed by atoms with Crippen LogP contribution in [0.15, 0.2) is 6.20 Å². The highest BCUT2D eigenvalue weighted by Gasteiger charge is 2.26. The van der Waals surface area contributed by atoms with E-state index in [-0.39, 0.29) is 12.4 Å². The van der Waals surface area contributed by atoms with E-state index in [0.717, 1.165) is 0 Å². The van der Waals surface area contributed by atoms with E-state index in [1.807, 2.05) is 22.6 Å². The zero-order valence-corrected chi connectivity index (χ0v) is 8.63. The van der Waals surface area contributed by atoms with Gasteiger partial charge in [0, 0.05) is 12.7 Å². The summed E-state index contributed by atoms with van der Waals surface area (Å²) in [5.41, 5.74) is 5.36. The number of nitrogens with two attached hydrogens (primary N) is 1. The predicted molar refractivity (Wildman–Crippen MR) is 50.0 cm³/mol. The summed E-state index contributed by atoms with van der Waals surface area (Å²) < 4.78 is 37.2. The van der Waals surface area contributed by atoms with Gasteiger partial charge in [-0.25, -0.2) is 0 Å². The van der Waals surface area contributed by atoms with Gasteiger partial charge in [-0.3, -0.25) is 4.68 Å². The van der Waals surface area contributed by atoms with Crippen molar-refractivity contribution in [3.05, 3.63) is 9.77 Å². The minimum Gasteiger partial charge on any atom is -0.381 e. The van der Waals surface area contributed by atoms with E-state index in [4.69, 9.17) is 5.73 Å². The lowest BCUT2D eigenvalue weighted by molar-refractivity contribution is -0.137. The molecule has 0 aromatic carbocycles. The number of anilines is 1. The smallest absolute Gasteiger partial charge is 0.381 e. The topological polar surface area (TPSA) is 43.8 Å². The van der Waals surface area contributed by atoms with Gasteiger partial charge in [0.2, 0.25) is 0 Å². The second kappa shape index (κ2) is 3.72. The normalized spacial score (nSPS) is 12.0. The molecule has 0 saturated heterocycles. The summed E-state index contributed by atoms with van der Waals surface area (Å²) in [5, 5.41) is 3.70. The van der Waals surface area contributed by atoms with E-state index in [1.165, 1.54) is 10.9 Å². The molecule has 0 aliphatic heterocycles. The molecule has 0 fully saturated rings. The Morgan fingerprint density at radius 2 is 2.15 bits per heavy atom. The largest absolute Gasteiger partial charge is 0.390 e. The molecule has 0 aliphatic carbocycles. The first kappa shape index (κ1) is 10.6. The molecule has 74 valence electrons.